The lowest BCUT2D eigenvalue weighted by Gasteiger charge is -2.16. The summed E-state index contributed by atoms with van der Waals surface area (Å²) in [6.07, 6.45) is 0. The van der Waals surface area contributed by atoms with Crippen LogP contribution in [-0.4, -0.2) is 17.0 Å². The molecule has 0 unspecified atom stereocenters. The molecule has 3 rings (SSSR count). The zero-order chi connectivity index (χ0) is 14.1. The van der Waals surface area contributed by atoms with Crippen molar-refractivity contribution in [2.24, 2.45) is 0 Å². The molecule has 102 valence electrons. The maximum absolute atomic E-state index is 5.79. The first-order chi connectivity index (χ1) is 9.61. The number of anilines is 2. The topological polar surface area (TPSA) is 57.9 Å². The van der Waals surface area contributed by atoms with Gasteiger partial charge in [-0.15, -0.1) is 0 Å². The molecule has 0 aliphatic rings. The van der Waals surface area contributed by atoms with E-state index in [4.69, 9.17) is 5.73 Å². The molecule has 0 saturated heterocycles. The Morgan fingerprint density at radius 3 is 2.85 bits per heavy atom. The van der Waals surface area contributed by atoms with Gasteiger partial charge in [0.25, 0.3) is 0 Å². The van der Waals surface area contributed by atoms with Gasteiger partial charge in [0.15, 0.2) is 0 Å². The summed E-state index contributed by atoms with van der Waals surface area (Å²) in [5.74, 6) is 0.854. The predicted octanol–water partition coefficient (Wildman–Crippen LogP) is 3.09. The highest BCUT2D eigenvalue weighted by Gasteiger charge is 2.08. The number of nitrogen functional groups attached to an aromatic ring is 1. The van der Waals surface area contributed by atoms with E-state index in [1.54, 1.807) is 0 Å². The van der Waals surface area contributed by atoms with Crippen molar-refractivity contribution >= 4 is 22.7 Å². The van der Waals surface area contributed by atoms with Gasteiger partial charge < -0.3 is 15.6 Å². The number of imidazole rings is 1. The van der Waals surface area contributed by atoms with Crippen molar-refractivity contribution in [3.8, 4) is 0 Å². The van der Waals surface area contributed by atoms with Gasteiger partial charge in [-0.25, -0.2) is 4.98 Å². The lowest BCUT2D eigenvalue weighted by molar-refractivity contribution is 0.884. The standard InChI is InChI=1S/C16H18N4/c1-11-4-3-5-12(8-11)10-20(2)16-18-14-7-6-13(17)9-15(14)19-16/h3-9H,10,17H2,1-2H3,(H,18,19). The Hall–Kier alpha value is -2.49. The van der Waals surface area contributed by atoms with E-state index < -0.39 is 0 Å². The Morgan fingerprint density at radius 1 is 1.20 bits per heavy atom. The second-order valence-electron chi connectivity index (χ2n) is 5.18. The van der Waals surface area contributed by atoms with Crippen molar-refractivity contribution in [1.82, 2.24) is 9.97 Å². The van der Waals surface area contributed by atoms with Gasteiger partial charge in [0.05, 0.1) is 11.0 Å². The summed E-state index contributed by atoms with van der Waals surface area (Å²) in [7, 11) is 2.03. The van der Waals surface area contributed by atoms with Crippen molar-refractivity contribution in [3.63, 3.8) is 0 Å². The fourth-order valence-corrected chi connectivity index (χ4v) is 2.35. The van der Waals surface area contributed by atoms with E-state index >= 15 is 0 Å². The van der Waals surface area contributed by atoms with Gasteiger partial charge in [-0.2, -0.15) is 0 Å². The molecular weight excluding hydrogens is 248 g/mol. The largest absolute Gasteiger partial charge is 0.399 e. The first-order valence-electron chi connectivity index (χ1n) is 6.64. The minimum Gasteiger partial charge on any atom is -0.399 e. The smallest absolute Gasteiger partial charge is 0.203 e. The molecule has 3 N–H and O–H groups in total. The van der Waals surface area contributed by atoms with E-state index in [0.717, 1.165) is 29.2 Å². The quantitative estimate of drug-likeness (QED) is 0.716. The summed E-state index contributed by atoms with van der Waals surface area (Å²) < 4.78 is 0. The summed E-state index contributed by atoms with van der Waals surface area (Å²) in [5.41, 5.74) is 11.0. The summed E-state index contributed by atoms with van der Waals surface area (Å²) in [6.45, 7) is 2.92. The summed E-state index contributed by atoms with van der Waals surface area (Å²) >= 11 is 0. The Labute approximate surface area is 118 Å². The van der Waals surface area contributed by atoms with Crippen LogP contribution in [0.2, 0.25) is 0 Å². The number of aromatic amines is 1. The molecule has 0 spiro atoms. The van der Waals surface area contributed by atoms with Crippen molar-refractivity contribution in [2.45, 2.75) is 13.5 Å². The second-order valence-corrected chi connectivity index (χ2v) is 5.18. The molecule has 3 aromatic rings. The van der Waals surface area contributed by atoms with E-state index in [1.165, 1.54) is 11.1 Å². The van der Waals surface area contributed by atoms with Gasteiger partial charge in [0.1, 0.15) is 0 Å². The molecule has 0 aliphatic heterocycles. The molecular formula is C16H18N4. The molecule has 4 nitrogen and oxygen atoms in total. The monoisotopic (exact) mass is 266 g/mol. The van der Waals surface area contributed by atoms with E-state index in [-0.39, 0.29) is 0 Å². The number of fused-ring (bicyclic) bond motifs is 1. The van der Waals surface area contributed by atoms with Crippen LogP contribution in [-0.2, 0) is 6.54 Å². The average Bonchev–Trinajstić information content (AvgIpc) is 2.81. The predicted molar refractivity (Wildman–Crippen MR) is 83.8 cm³/mol. The van der Waals surface area contributed by atoms with Crippen molar-refractivity contribution in [1.29, 1.82) is 0 Å². The van der Waals surface area contributed by atoms with Crippen LogP contribution in [0, 0.1) is 6.92 Å². The number of hydrogen-bond acceptors (Lipinski definition) is 3. The van der Waals surface area contributed by atoms with Crippen LogP contribution >= 0.6 is 0 Å². The van der Waals surface area contributed by atoms with Crippen LogP contribution < -0.4 is 10.6 Å². The fraction of sp³-hybridized carbons (Fsp3) is 0.188. The van der Waals surface area contributed by atoms with Crippen LogP contribution in [0.3, 0.4) is 0 Å². The Morgan fingerprint density at radius 2 is 2.05 bits per heavy atom. The van der Waals surface area contributed by atoms with E-state index in [2.05, 4.69) is 46.1 Å². The maximum atomic E-state index is 5.79. The number of rotatable bonds is 3. The molecule has 2 aromatic carbocycles. The SMILES string of the molecule is Cc1cccc(CN(C)c2nc3ccc(N)cc3[nH]2)c1. The molecule has 0 bridgehead atoms. The van der Waals surface area contributed by atoms with Gasteiger partial charge >= 0.3 is 0 Å². The first-order valence-corrected chi connectivity index (χ1v) is 6.64. The number of H-pyrrole nitrogens is 1. The van der Waals surface area contributed by atoms with Crippen LogP contribution in [0.15, 0.2) is 42.5 Å². The molecule has 0 fully saturated rings. The minimum atomic E-state index is 0.744. The highest BCUT2D eigenvalue weighted by Crippen LogP contribution is 2.20. The van der Waals surface area contributed by atoms with Crippen LogP contribution in [0.25, 0.3) is 11.0 Å². The molecule has 0 aliphatic carbocycles. The summed E-state index contributed by atoms with van der Waals surface area (Å²) in [6, 6.07) is 14.2. The average molecular weight is 266 g/mol. The van der Waals surface area contributed by atoms with Gasteiger partial charge in [-0.3, -0.25) is 0 Å². The lowest BCUT2D eigenvalue weighted by atomic mass is 10.1. The maximum Gasteiger partial charge on any atom is 0.203 e. The number of nitrogens with two attached hydrogens (primary N) is 1. The zero-order valence-electron chi connectivity index (χ0n) is 11.7. The van der Waals surface area contributed by atoms with Gasteiger partial charge in [0.2, 0.25) is 5.95 Å². The number of nitrogens with zero attached hydrogens (tertiary/aromatic N) is 2. The molecule has 1 aromatic heterocycles. The van der Waals surface area contributed by atoms with Crippen molar-refractivity contribution in [2.75, 3.05) is 17.7 Å². The number of benzene rings is 2. The highest BCUT2D eigenvalue weighted by molar-refractivity contribution is 5.80. The number of nitrogens with one attached hydrogen (secondary N) is 1. The molecule has 0 atom stereocenters. The number of hydrogen-bond donors (Lipinski definition) is 2. The molecule has 4 heteroatoms. The van der Waals surface area contributed by atoms with Crippen LogP contribution in [0.4, 0.5) is 11.6 Å². The van der Waals surface area contributed by atoms with E-state index in [9.17, 15) is 0 Å². The highest BCUT2D eigenvalue weighted by atomic mass is 15.2. The zero-order valence-corrected chi connectivity index (χ0v) is 11.7. The molecule has 20 heavy (non-hydrogen) atoms. The second kappa shape index (κ2) is 4.89. The Bertz CT molecular complexity index is 745. The van der Waals surface area contributed by atoms with Gasteiger partial charge in [0, 0.05) is 19.3 Å². The van der Waals surface area contributed by atoms with Gasteiger partial charge in [-0.05, 0) is 30.7 Å². The van der Waals surface area contributed by atoms with Crippen molar-refractivity contribution in [3.05, 3.63) is 53.6 Å². The van der Waals surface area contributed by atoms with Gasteiger partial charge in [-0.1, -0.05) is 29.8 Å². The molecule has 0 amide bonds. The third kappa shape index (κ3) is 2.45. The number of aromatic nitrogens is 2. The summed E-state index contributed by atoms with van der Waals surface area (Å²) in [5, 5.41) is 0. The lowest BCUT2D eigenvalue weighted by Crippen LogP contribution is -2.17. The fourth-order valence-electron chi connectivity index (χ4n) is 2.35. The summed E-state index contributed by atoms with van der Waals surface area (Å²) in [4.78, 5) is 10.00. The van der Waals surface area contributed by atoms with Crippen LogP contribution in [0.5, 0.6) is 0 Å². The minimum absolute atomic E-state index is 0.744. The Kier molecular flexibility index (Phi) is 3.06. The first kappa shape index (κ1) is 12.5. The number of aryl methyl sites for hydroxylation is 1. The van der Waals surface area contributed by atoms with Crippen LogP contribution in [0.1, 0.15) is 11.1 Å². The third-order valence-corrected chi connectivity index (χ3v) is 3.36. The Balaban J connectivity index is 1.86. The molecule has 0 radical (unpaired) electrons. The third-order valence-electron chi connectivity index (χ3n) is 3.36. The molecule has 1 heterocycles. The van der Waals surface area contributed by atoms with E-state index in [0.29, 0.717) is 0 Å². The van der Waals surface area contributed by atoms with E-state index in [1.807, 2.05) is 25.2 Å². The molecule has 0 saturated carbocycles. The van der Waals surface area contributed by atoms with Crippen molar-refractivity contribution < 1.29 is 0 Å². The normalized spacial score (nSPS) is 10.9.